The van der Waals surface area contributed by atoms with E-state index in [1.165, 1.54) is 0 Å². The number of hydrogen-bond donors (Lipinski definition) is 0. The van der Waals surface area contributed by atoms with Crippen molar-refractivity contribution in [2.24, 2.45) is 0 Å². The van der Waals surface area contributed by atoms with Crippen molar-refractivity contribution >= 4 is 30.2 Å². The zero-order valence-corrected chi connectivity index (χ0v) is 6.45. The van der Waals surface area contributed by atoms with Gasteiger partial charge in [0.2, 0.25) is 0 Å². The van der Waals surface area contributed by atoms with E-state index in [4.69, 9.17) is 0 Å². The Labute approximate surface area is 58.8 Å². The molecule has 1 atom stereocenters. The minimum absolute atomic E-state index is 0. The van der Waals surface area contributed by atoms with Gasteiger partial charge in [0.15, 0.2) is 0 Å². The third kappa shape index (κ3) is 409. The van der Waals surface area contributed by atoms with Gasteiger partial charge < -0.3 is 0 Å². The molecule has 0 rings (SSSR count). The Hall–Kier alpha value is 0.736. The second-order valence-electron chi connectivity index (χ2n) is 0. The third-order valence-electron chi connectivity index (χ3n) is 0. The van der Waals surface area contributed by atoms with Gasteiger partial charge in [0.1, 0.15) is 0 Å². The number of hydrogen-bond acceptors (Lipinski definition) is 0. The molecule has 56 valence electrons. The summed E-state index contributed by atoms with van der Waals surface area (Å²) in [6.45, 7) is 0. The van der Waals surface area contributed by atoms with Crippen LogP contribution in [0.1, 0.15) is 0 Å². The second-order valence-corrected chi connectivity index (χ2v) is 0. The Kier molecular flexibility index (Phi) is 14100. The van der Waals surface area contributed by atoms with Crippen LogP contribution < -0.4 is 0 Å². The molecular formula is H8AsF6Li. The summed E-state index contributed by atoms with van der Waals surface area (Å²) in [5, 5.41) is 0. The molecule has 1 unspecified atom stereocenters. The van der Waals surface area contributed by atoms with Crippen LogP contribution in [0.15, 0.2) is 0 Å². The van der Waals surface area contributed by atoms with E-state index < -0.39 is 0 Å². The second kappa shape index (κ2) is 648. The zero-order valence-electron chi connectivity index (χ0n) is 4.03. The maximum absolute atomic E-state index is 2.06. The summed E-state index contributed by atoms with van der Waals surface area (Å²) in [5.74, 6) is 0. The number of halogens is 6. The summed E-state index contributed by atoms with van der Waals surface area (Å²) in [4.78, 5) is 0. The van der Waals surface area contributed by atoms with Crippen LogP contribution in [0.25, 0.3) is 0 Å². The van der Waals surface area contributed by atoms with Crippen LogP contribution in [-0.2, 0) is 0 Å². The van der Waals surface area contributed by atoms with E-state index in [1.807, 2.05) is 0 Å². The summed E-state index contributed by atoms with van der Waals surface area (Å²) in [6.07, 6.45) is 0. The van der Waals surface area contributed by atoms with Gasteiger partial charge in [-0.3, -0.25) is 28.2 Å². The van der Waals surface area contributed by atoms with Crippen molar-refractivity contribution in [1.29, 1.82) is 0 Å². The molecule has 0 saturated heterocycles. The first-order valence-corrected chi connectivity index (χ1v) is 3.00. The van der Waals surface area contributed by atoms with Crippen molar-refractivity contribution in [1.82, 2.24) is 0 Å². The molecule has 0 aromatic rings. The molecule has 0 bridgehead atoms. The zero-order chi connectivity index (χ0) is 2.00. The Morgan fingerprint density at radius 3 is 0.500 bits per heavy atom. The van der Waals surface area contributed by atoms with Crippen LogP contribution in [0.3, 0.4) is 0 Å². The normalized spacial score (nSPS) is 0.875. The molecule has 0 saturated carbocycles. The predicted octanol–water partition coefficient (Wildman–Crippen LogP) is -0.382. The van der Waals surface area contributed by atoms with E-state index in [0.29, 0.717) is 0 Å². The van der Waals surface area contributed by atoms with Gasteiger partial charge in [-0.1, -0.05) is 0 Å². The maximum atomic E-state index is 2.06. The molecule has 0 heterocycles. The Morgan fingerprint density at radius 1 is 0.500 bits per heavy atom. The van der Waals surface area contributed by atoms with Crippen molar-refractivity contribution in [2.45, 2.75) is 0 Å². The number of rotatable bonds is 0. The SMILES string of the molecule is F.F.F.F.F.F.[Li][AsH2]. The van der Waals surface area contributed by atoms with Gasteiger partial charge in [-0.15, -0.1) is 0 Å². The van der Waals surface area contributed by atoms with E-state index in [2.05, 4.69) is 15.6 Å². The van der Waals surface area contributed by atoms with E-state index >= 15 is 0 Å². The van der Waals surface area contributed by atoms with Crippen LogP contribution in [0.5, 0.6) is 0 Å². The quantitative estimate of drug-likeness (QED) is 0.372. The van der Waals surface area contributed by atoms with Gasteiger partial charge in [0, 0.05) is 0 Å². The Morgan fingerprint density at radius 2 is 0.500 bits per heavy atom. The molecule has 0 aliphatic carbocycles. The topological polar surface area (TPSA) is 0 Å². The van der Waals surface area contributed by atoms with E-state index in [9.17, 15) is 0 Å². The first-order valence-electron chi connectivity index (χ1n) is 0.577. The standard InChI is InChI=1S/AsH2.6FH.Li/h1H2;6*1H;/q-1;;;;;;;+1. The third-order valence-corrected chi connectivity index (χ3v) is 0. The average Bonchev–Trinajstić information content (AvgIpc) is 1.00. The Balaban J connectivity index is -0.000000000333. The molecule has 0 fully saturated rings. The predicted molar refractivity (Wildman–Crippen MR) is 29.3 cm³/mol. The molecular weight excluding hydrogens is 196 g/mol. The van der Waals surface area contributed by atoms with Gasteiger partial charge >= 0.3 is 30.2 Å². The van der Waals surface area contributed by atoms with Crippen LogP contribution in [0.2, 0.25) is 0 Å². The van der Waals surface area contributed by atoms with Crippen LogP contribution in [0.4, 0.5) is 28.2 Å². The fraction of sp³-hybridized carbons (Fsp3) is 0. The van der Waals surface area contributed by atoms with E-state index in [-0.39, 0.29) is 28.2 Å². The fourth-order valence-corrected chi connectivity index (χ4v) is 0. The molecule has 0 N–H and O–H groups in total. The van der Waals surface area contributed by atoms with Crippen LogP contribution in [0, 0.1) is 0 Å². The van der Waals surface area contributed by atoms with Gasteiger partial charge in [-0.2, -0.15) is 0 Å². The molecule has 0 radical (unpaired) electrons. The summed E-state index contributed by atoms with van der Waals surface area (Å²) in [7, 11) is 0. The monoisotopic (exact) mass is 204 g/mol. The molecule has 0 nitrogen and oxygen atoms in total. The average molecular weight is 204 g/mol. The first kappa shape index (κ1) is 173. The van der Waals surface area contributed by atoms with E-state index in [1.54, 1.807) is 14.6 Å². The van der Waals surface area contributed by atoms with Gasteiger partial charge in [-0.05, 0) is 0 Å². The van der Waals surface area contributed by atoms with Gasteiger partial charge in [0.25, 0.3) is 0 Å². The Bertz CT molecular complexity index is 8.49. The summed E-state index contributed by atoms with van der Waals surface area (Å²) in [6, 6.07) is 0. The summed E-state index contributed by atoms with van der Waals surface area (Å²) < 4.78 is 0. The minimum atomic E-state index is 0. The molecule has 0 spiro atoms. The summed E-state index contributed by atoms with van der Waals surface area (Å²) >= 11 is 3.75. The molecule has 0 aromatic heterocycles. The fourth-order valence-electron chi connectivity index (χ4n) is 0. The molecule has 0 amide bonds. The van der Waals surface area contributed by atoms with Gasteiger partial charge in [0.05, 0.1) is 0 Å². The van der Waals surface area contributed by atoms with Crippen LogP contribution >= 0.6 is 0 Å². The van der Waals surface area contributed by atoms with Crippen molar-refractivity contribution in [3.8, 4) is 0 Å². The van der Waals surface area contributed by atoms with Crippen LogP contribution in [-0.4, -0.2) is 30.2 Å². The van der Waals surface area contributed by atoms with Crippen molar-refractivity contribution in [3.05, 3.63) is 0 Å². The van der Waals surface area contributed by atoms with Crippen molar-refractivity contribution in [2.75, 3.05) is 0 Å². The molecule has 8 heavy (non-hydrogen) atoms. The molecule has 0 aromatic carbocycles. The van der Waals surface area contributed by atoms with Crippen molar-refractivity contribution < 1.29 is 28.2 Å². The van der Waals surface area contributed by atoms with Gasteiger partial charge in [-0.25, -0.2) is 0 Å². The van der Waals surface area contributed by atoms with E-state index in [0.717, 1.165) is 0 Å². The first-order chi connectivity index (χ1) is 1.00. The molecule has 8 heteroatoms. The van der Waals surface area contributed by atoms with Crippen molar-refractivity contribution in [3.63, 3.8) is 0 Å². The molecule has 0 aliphatic heterocycles. The summed E-state index contributed by atoms with van der Waals surface area (Å²) in [5.41, 5.74) is 0. The molecule has 0 aliphatic rings.